The lowest BCUT2D eigenvalue weighted by Crippen LogP contribution is -2.41. The van der Waals surface area contributed by atoms with Gasteiger partial charge in [0.25, 0.3) is 5.91 Å². The molecule has 7 nitrogen and oxygen atoms in total. The van der Waals surface area contributed by atoms with Crippen LogP contribution < -0.4 is 10.6 Å². The van der Waals surface area contributed by atoms with Crippen molar-refractivity contribution in [2.24, 2.45) is 0 Å². The van der Waals surface area contributed by atoms with Crippen molar-refractivity contribution in [3.05, 3.63) is 38.0 Å². The van der Waals surface area contributed by atoms with E-state index in [1.165, 1.54) is 0 Å². The zero-order valence-corrected chi connectivity index (χ0v) is 18.0. The molecule has 1 saturated heterocycles. The summed E-state index contributed by atoms with van der Waals surface area (Å²) in [4.78, 5) is 43.6. The Morgan fingerprint density at radius 2 is 2.11 bits per heavy atom. The first-order valence-corrected chi connectivity index (χ1v) is 10.8. The first kappa shape index (κ1) is 20.5. The first-order chi connectivity index (χ1) is 13.2. The van der Waals surface area contributed by atoms with Gasteiger partial charge in [0.15, 0.2) is 0 Å². The number of hydrogen-bond acceptors (Lipinski definition) is 6. The molecule has 28 heavy (non-hydrogen) atoms. The highest BCUT2D eigenvalue weighted by molar-refractivity contribution is 7.11. The third kappa shape index (κ3) is 4.41. The molecule has 0 aliphatic carbocycles. The van der Waals surface area contributed by atoms with E-state index in [0.29, 0.717) is 6.42 Å². The molecule has 0 aromatic carbocycles. The fraction of sp³-hybridized carbons (Fsp3) is 0.474. The van der Waals surface area contributed by atoms with E-state index in [9.17, 15) is 14.4 Å². The average Bonchev–Trinajstić information content (AvgIpc) is 3.28. The van der Waals surface area contributed by atoms with Gasteiger partial charge < -0.3 is 10.6 Å². The van der Waals surface area contributed by atoms with Crippen molar-refractivity contribution >= 4 is 40.5 Å². The number of nitrogens with one attached hydrogen (secondary N) is 2. The molecule has 3 rings (SSSR count). The van der Waals surface area contributed by atoms with Crippen LogP contribution in [0.2, 0.25) is 0 Å². The number of imide groups is 1. The number of amides is 4. The van der Waals surface area contributed by atoms with Crippen LogP contribution in [0.5, 0.6) is 0 Å². The number of rotatable bonds is 7. The van der Waals surface area contributed by atoms with Crippen LogP contribution in [0.4, 0.5) is 4.79 Å². The minimum Gasteiger partial charge on any atom is -0.346 e. The summed E-state index contributed by atoms with van der Waals surface area (Å²) in [6, 6.07) is 1.34. The van der Waals surface area contributed by atoms with E-state index >= 15 is 0 Å². The van der Waals surface area contributed by atoms with E-state index in [2.05, 4.69) is 21.0 Å². The van der Waals surface area contributed by atoms with Crippen LogP contribution in [0.15, 0.2) is 16.8 Å². The average molecular weight is 421 g/mol. The molecule has 1 atom stereocenters. The number of urea groups is 1. The van der Waals surface area contributed by atoms with Gasteiger partial charge in [-0.25, -0.2) is 9.78 Å². The van der Waals surface area contributed by atoms with Gasteiger partial charge in [0.1, 0.15) is 10.5 Å². The molecular weight excluding hydrogens is 396 g/mol. The summed E-state index contributed by atoms with van der Waals surface area (Å²) in [6.07, 6.45) is 0.705. The quantitative estimate of drug-likeness (QED) is 0.674. The molecule has 2 aromatic rings. The second-order valence-electron chi connectivity index (χ2n) is 7.41. The lowest BCUT2D eigenvalue weighted by atomic mass is 10.1. The Labute approximate surface area is 172 Å². The van der Waals surface area contributed by atoms with Crippen molar-refractivity contribution in [1.82, 2.24) is 20.5 Å². The van der Waals surface area contributed by atoms with E-state index < -0.39 is 11.6 Å². The molecule has 150 valence electrons. The van der Waals surface area contributed by atoms with Crippen molar-refractivity contribution in [2.45, 2.75) is 52.1 Å². The summed E-state index contributed by atoms with van der Waals surface area (Å²) in [6.45, 7) is 7.33. The zero-order valence-electron chi connectivity index (χ0n) is 16.4. The number of carbonyl (C=O) groups is 3. The Morgan fingerprint density at radius 3 is 2.64 bits per heavy atom. The largest absolute Gasteiger partial charge is 0.346 e. The Balaban J connectivity index is 1.66. The summed E-state index contributed by atoms with van der Waals surface area (Å²) < 4.78 is 0. The highest BCUT2D eigenvalue weighted by atomic mass is 32.1. The van der Waals surface area contributed by atoms with Crippen molar-refractivity contribution in [3.63, 3.8) is 0 Å². The maximum Gasteiger partial charge on any atom is 0.325 e. The summed E-state index contributed by atoms with van der Waals surface area (Å²) in [5, 5.41) is 10.6. The number of thiazole rings is 1. The number of nitrogens with zero attached hydrogens (tertiary/aromatic N) is 2. The number of carbonyl (C=O) groups excluding carboxylic acids is 3. The maximum absolute atomic E-state index is 12.6. The normalized spacial score (nSPS) is 16.9. The summed E-state index contributed by atoms with van der Waals surface area (Å²) >= 11 is 3.19. The number of aryl methyl sites for hydroxylation is 2. The number of hydrogen-bond donors (Lipinski definition) is 2. The summed E-state index contributed by atoms with van der Waals surface area (Å²) in [7, 11) is 0. The van der Waals surface area contributed by atoms with Crippen molar-refractivity contribution < 1.29 is 14.4 Å². The molecule has 1 aliphatic heterocycles. The van der Waals surface area contributed by atoms with Gasteiger partial charge in [0, 0.05) is 24.3 Å². The smallest absolute Gasteiger partial charge is 0.325 e. The van der Waals surface area contributed by atoms with E-state index in [1.54, 1.807) is 36.5 Å². The molecule has 1 aliphatic rings. The second kappa shape index (κ2) is 8.00. The third-order valence-corrected chi connectivity index (χ3v) is 6.62. The predicted octanol–water partition coefficient (Wildman–Crippen LogP) is 2.94. The van der Waals surface area contributed by atoms with Gasteiger partial charge in [-0.3, -0.25) is 14.5 Å². The van der Waals surface area contributed by atoms with Crippen LogP contribution in [-0.4, -0.2) is 39.8 Å². The lowest BCUT2D eigenvalue weighted by Gasteiger charge is -2.18. The molecular formula is C19H24N4O3S2. The standard InChI is InChI=1S/C19H24N4O3S2/c1-11-12(2)28-16(20-11)14(9-13-6-8-27-10-13)21-15(24)5-7-23-17(25)19(3,4)22-18(23)26/h6,8,10,14H,5,7,9H2,1-4H3,(H,21,24)(H,22,26). The van der Waals surface area contributed by atoms with Gasteiger partial charge in [-0.05, 0) is 50.1 Å². The van der Waals surface area contributed by atoms with E-state index in [4.69, 9.17) is 0 Å². The zero-order chi connectivity index (χ0) is 20.5. The molecule has 9 heteroatoms. The lowest BCUT2D eigenvalue weighted by molar-refractivity contribution is -0.130. The molecule has 0 spiro atoms. The van der Waals surface area contributed by atoms with Crippen LogP contribution in [0.1, 0.15) is 47.5 Å². The van der Waals surface area contributed by atoms with Gasteiger partial charge in [0.2, 0.25) is 5.91 Å². The van der Waals surface area contributed by atoms with Crippen molar-refractivity contribution in [2.75, 3.05) is 6.54 Å². The van der Waals surface area contributed by atoms with E-state index in [1.807, 2.05) is 25.3 Å². The molecule has 1 unspecified atom stereocenters. The molecule has 0 radical (unpaired) electrons. The van der Waals surface area contributed by atoms with E-state index in [0.717, 1.165) is 26.0 Å². The van der Waals surface area contributed by atoms with Gasteiger partial charge in [0.05, 0.1) is 11.7 Å². The van der Waals surface area contributed by atoms with Gasteiger partial charge in [-0.15, -0.1) is 11.3 Å². The van der Waals surface area contributed by atoms with Crippen LogP contribution in [0.3, 0.4) is 0 Å². The van der Waals surface area contributed by atoms with Crippen molar-refractivity contribution in [3.8, 4) is 0 Å². The fourth-order valence-electron chi connectivity index (χ4n) is 2.99. The topological polar surface area (TPSA) is 91.4 Å². The highest BCUT2D eigenvalue weighted by Crippen LogP contribution is 2.26. The summed E-state index contributed by atoms with van der Waals surface area (Å²) in [5.74, 6) is -0.526. The number of thiophene rings is 1. The Morgan fingerprint density at radius 1 is 1.36 bits per heavy atom. The van der Waals surface area contributed by atoms with Crippen LogP contribution >= 0.6 is 22.7 Å². The Bertz CT molecular complexity index is 870. The Hall–Kier alpha value is -2.26. The minimum atomic E-state index is -0.926. The molecule has 0 saturated carbocycles. The van der Waals surface area contributed by atoms with Crippen molar-refractivity contribution in [1.29, 1.82) is 0 Å². The summed E-state index contributed by atoms with van der Waals surface area (Å²) in [5.41, 5.74) is 1.17. The van der Waals surface area contributed by atoms with E-state index in [-0.39, 0.29) is 30.8 Å². The minimum absolute atomic E-state index is 0.0543. The van der Waals surface area contributed by atoms with Gasteiger partial charge >= 0.3 is 6.03 Å². The second-order valence-corrected chi connectivity index (χ2v) is 9.43. The molecule has 4 amide bonds. The van der Waals surface area contributed by atoms with Crippen LogP contribution in [-0.2, 0) is 16.0 Å². The maximum atomic E-state index is 12.6. The third-order valence-electron chi connectivity index (χ3n) is 4.71. The van der Waals surface area contributed by atoms with Crippen LogP contribution in [0, 0.1) is 13.8 Å². The molecule has 2 N–H and O–H groups in total. The van der Waals surface area contributed by atoms with Gasteiger partial charge in [-0.1, -0.05) is 0 Å². The SMILES string of the molecule is Cc1nc(C(Cc2ccsc2)NC(=O)CCN2C(=O)NC(C)(C)C2=O)sc1C. The fourth-order valence-corrected chi connectivity index (χ4v) is 4.65. The molecule has 3 heterocycles. The first-order valence-electron chi connectivity index (χ1n) is 9.06. The monoisotopic (exact) mass is 420 g/mol. The Kier molecular flexibility index (Phi) is 5.85. The molecule has 1 fully saturated rings. The predicted molar refractivity (Wildman–Crippen MR) is 109 cm³/mol. The molecule has 2 aromatic heterocycles. The number of aromatic nitrogens is 1. The van der Waals surface area contributed by atoms with Crippen LogP contribution in [0.25, 0.3) is 0 Å². The highest BCUT2D eigenvalue weighted by Gasteiger charge is 2.44. The van der Waals surface area contributed by atoms with Gasteiger partial charge in [-0.2, -0.15) is 11.3 Å². The molecule has 0 bridgehead atoms.